The van der Waals surface area contributed by atoms with E-state index < -0.39 is 0 Å². The van der Waals surface area contributed by atoms with Crippen LogP contribution in [0.15, 0.2) is 43.5 Å². The van der Waals surface area contributed by atoms with E-state index in [-0.39, 0.29) is 91.1 Å². The van der Waals surface area contributed by atoms with E-state index in [9.17, 15) is 14.4 Å². The third kappa shape index (κ3) is 33.1. The van der Waals surface area contributed by atoms with Gasteiger partial charge in [-0.1, -0.05) is 91.3 Å². The fraction of sp³-hybridized carbons (Fsp3) is 0.729. The van der Waals surface area contributed by atoms with Gasteiger partial charge in [0.05, 0.1) is 43.9 Å². The maximum atomic E-state index is 12.7. The Morgan fingerprint density at radius 1 is 0.871 bits per heavy atom. The maximum Gasteiger partial charge on any atom is 0.332 e. The third-order valence-electron chi connectivity index (χ3n) is 9.91. The Bertz CT molecular complexity index is 1290. The second-order valence-electron chi connectivity index (χ2n) is 15.7. The molecule has 1 aromatic carbocycles. The molecular formula is C48H92CeN7O5S-. The maximum absolute atomic E-state index is 12.7. The summed E-state index contributed by atoms with van der Waals surface area (Å²) in [6.07, 6.45) is 9.14. The number of primary amides is 1. The molecule has 0 bridgehead atoms. The third-order valence-corrected chi connectivity index (χ3v) is 10.7. The molecule has 0 radical (unpaired) electrons. The zero-order valence-corrected chi connectivity index (χ0v) is 44.4. The van der Waals surface area contributed by atoms with Crippen LogP contribution in [0.1, 0.15) is 113 Å². The average molecular weight is 1020 g/mol. The Kier molecular flexibility index (Phi) is 44.5. The molecule has 360 valence electrons. The molecule has 0 aliphatic carbocycles. The molecule has 14 heteroatoms. The number of nitrogens with two attached hydrogens (primary N) is 2. The normalized spacial score (nSPS) is 15.2. The average Bonchev–Trinajstić information content (AvgIpc) is 3.21. The first-order valence-electron chi connectivity index (χ1n) is 22.4. The van der Waals surface area contributed by atoms with Crippen LogP contribution in [0.25, 0.3) is 0 Å². The molecule has 1 unspecified atom stereocenters. The van der Waals surface area contributed by atoms with E-state index in [0.29, 0.717) is 45.8 Å². The first-order valence-corrected chi connectivity index (χ1v) is 23.3. The summed E-state index contributed by atoms with van der Waals surface area (Å²) in [6.45, 7) is 39.7. The minimum absolute atomic E-state index is 0. The number of amides is 2. The number of rotatable bonds is 22. The van der Waals surface area contributed by atoms with Crippen molar-refractivity contribution in [2.45, 2.75) is 127 Å². The minimum Gasteiger partial charge on any atom is -0.489 e. The predicted molar refractivity (Wildman–Crippen MR) is 262 cm³/mol. The van der Waals surface area contributed by atoms with Gasteiger partial charge >= 0.3 is 5.97 Å². The second-order valence-corrected chi connectivity index (χ2v) is 16.5. The van der Waals surface area contributed by atoms with Gasteiger partial charge in [-0.3, -0.25) is 30.9 Å². The second kappa shape index (κ2) is 41.1. The molecule has 1 saturated heterocycles. The molecule has 2 rings (SSSR count). The minimum atomic E-state index is -0.344. The van der Waals surface area contributed by atoms with Crippen LogP contribution in [-0.4, -0.2) is 157 Å². The molecule has 62 heavy (non-hydrogen) atoms. The molecule has 12 nitrogen and oxygen atoms in total. The van der Waals surface area contributed by atoms with E-state index in [1.165, 1.54) is 23.2 Å². The van der Waals surface area contributed by atoms with Crippen molar-refractivity contribution < 1.29 is 65.1 Å². The summed E-state index contributed by atoms with van der Waals surface area (Å²) in [7, 11) is 0. The molecule has 1 fully saturated rings. The molecule has 0 saturated carbocycles. The number of likely N-dealkylation sites (N-methyl/N-ethyl adjacent to an activating group) is 1. The zero-order chi connectivity index (χ0) is 46.0. The molecule has 1 atom stereocenters. The number of benzene rings is 1. The number of unbranched alkanes of at least 4 members (excludes halogenated alkanes) is 1. The Labute approximate surface area is 419 Å². The monoisotopic (exact) mass is 1020 g/mol. The number of nitrogens with zero attached hydrogens (tertiary/aromatic N) is 5. The number of hydrogen-bond acceptors (Lipinski definition) is 11. The summed E-state index contributed by atoms with van der Waals surface area (Å²) < 4.78 is 11.2. The van der Waals surface area contributed by atoms with Crippen molar-refractivity contribution in [3.63, 3.8) is 0 Å². The van der Waals surface area contributed by atoms with Gasteiger partial charge in [-0.2, -0.15) is 0 Å². The van der Waals surface area contributed by atoms with Crippen molar-refractivity contribution in [2.75, 3.05) is 104 Å². The number of carbonyl (C=O) groups is 3. The molecular weight excluding hydrogens is 927 g/mol. The largest absolute Gasteiger partial charge is 0.489 e. The van der Waals surface area contributed by atoms with Gasteiger partial charge < -0.3 is 36.3 Å². The van der Waals surface area contributed by atoms with Gasteiger partial charge in [0.1, 0.15) is 0 Å². The number of ether oxygens (including phenoxy) is 1. The van der Waals surface area contributed by atoms with Crippen LogP contribution in [-0.2, 0) is 29.7 Å². The topological polar surface area (TPSA) is 138 Å². The van der Waals surface area contributed by atoms with Gasteiger partial charge in [0.15, 0.2) is 0 Å². The van der Waals surface area contributed by atoms with Crippen molar-refractivity contribution >= 4 is 29.8 Å². The molecule has 0 spiro atoms. The van der Waals surface area contributed by atoms with Crippen molar-refractivity contribution in [1.29, 1.82) is 0 Å². The van der Waals surface area contributed by atoms with E-state index in [4.69, 9.17) is 20.4 Å². The van der Waals surface area contributed by atoms with Crippen LogP contribution in [0.5, 0.6) is 0 Å². The summed E-state index contributed by atoms with van der Waals surface area (Å²) in [5.74, 6) is 0.420. The van der Waals surface area contributed by atoms with Crippen molar-refractivity contribution in [3.8, 4) is 0 Å². The van der Waals surface area contributed by atoms with Crippen molar-refractivity contribution in [2.24, 2.45) is 11.5 Å². The van der Waals surface area contributed by atoms with Crippen molar-refractivity contribution in [3.05, 3.63) is 60.7 Å². The summed E-state index contributed by atoms with van der Waals surface area (Å²) in [5.41, 5.74) is 13.4. The molecule has 4 N–H and O–H groups in total. The molecule has 1 aliphatic rings. The molecule has 0 aromatic heterocycles. The Morgan fingerprint density at radius 3 is 1.85 bits per heavy atom. The van der Waals surface area contributed by atoms with Gasteiger partial charge in [0.2, 0.25) is 11.8 Å². The number of carbonyl (C=O) groups excluding carboxylic acids is 3. The van der Waals surface area contributed by atoms with Crippen LogP contribution in [0.2, 0.25) is 0 Å². The number of hydrogen-bond donors (Lipinski definition) is 2. The molecule has 1 aliphatic heterocycles. The molecule has 2 amide bonds. The van der Waals surface area contributed by atoms with Crippen LogP contribution in [0.3, 0.4) is 0 Å². The quantitative estimate of drug-likeness (QED) is 0.0526. The van der Waals surface area contributed by atoms with E-state index in [1.807, 2.05) is 52.5 Å². The summed E-state index contributed by atoms with van der Waals surface area (Å²) >= 11 is 1.23. The summed E-state index contributed by atoms with van der Waals surface area (Å²) in [4.78, 5) is 47.2. The van der Waals surface area contributed by atoms with Crippen molar-refractivity contribution in [1.82, 2.24) is 24.5 Å². The van der Waals surface area contributed by atoms with E-state index in [2.05, 4.69) is 97.7 Å². The SMILES string of the molecule is C.C=[C-]CN1CCN(CC=C)CCN(CC(N)=O)CCN(CC(=O)OSCCCC)CC1.CC.CC.CCN(C(=O)CCc1ccc(C)cc1)C(C)(C)COCC(C)(N)CC.[Ce]. The summed E-state index contributed by atoms with van der Waals surface area (Å²) in [6, 6.07) is 8.37. The van der Waals surface area contributed by atoms with Crippen LogP contribution in [0.4, 0.5) is 0 Å². The van der Waals surface area contributed by atoms with Gasteiger partial charge in [-0.25, -0.2) is 4.79 Å². The van der Waals surface area contributed by atoms with Crippen LogP contribution < -0.4 is 11.5 Å². The Morgan fingerprint density at radius 2 is 1.39 bits per heavy atom. The van der Waals surface area contributed by atoms with E-state index in [0.717, 1.165) is 77.2 Å². The van der Waals surface area contributed by atoms with Gasteiger partial charge in [0, 0.05) is 125 Å². The Balaban J connectivity index is -0.000000496. The first-order chi connectivity index (χ1) is 28.6. The van der Waals surface area contributed by atoms with Gasteiger partial charge in [-0.05, 0) is 59.4 Å². The molecule has 1 heterocycles. The van der Waals surface area contributed by atoms with Crippen LogP contribution >= 0.6 is 12.0 Å². The van der Waals surface area contributed by atoms with E-state index >= 15 is 0 Å². The standard InChI is InChI=1S/C22H40N5O3S.C21H36N2O2.2C2H6.CH4.Ce/c1-4-7-18-31-30-22(29)20-27-15-13-25(9-6-3)11-10-24(8-5-2)12-14-26(16-17-27)19-21(23)28;1-7-21(6,22)16-25-15-20(4,5)23(8-2)19(24)14-13-18-11-9-17(3)10-12-18;2*1-2;;/h5H,2-4,7-20H2,1H3,(H2,23,28);9-12H,7-8,13-16,22H2,1-6H3;2*1-2H3;1H4;/q-1;;;;;. The zero-order valence-electron chi connectivity index (χ0n) is 40.5. The predicted octanol–water partition coefficient (Wildman–Crippen LogP) is 7.25. The molecule has 1 aromatic rings. The van der Waals surface area contributed by atoms with Crippen LogP contribution in [0, 0.1) is 54.7 Å². The van der Waals surface area contributed by atoms with Gasteiger partial charge in [0.25, 0.3) is 0 Å². The van der Waals surface area contributed by atoms with E-state index in [1.54, 1.807) is 0 Å². The van der Waals surface area contributed by atoms with Gasteiger partial charge in [-0.15, -0.1) is 13.1 Å². The fourth-order valence-electron chi connectivity index (χ4n) is 6.11. The first kappa shape index (κ1) is 67.2. The summed E-state index contributed by atoms with van der Waals surface area (Å²) in [5, 5.41) is 0. The Hall–Kier alpha value is -1.40. The fourth-order valence-corrected chi connectivity index (χ4v) is 6.79. The number of aryl methyl sites for hydroxylation is 2. The smallest absolute Gasteiger partial charge is 0.332 e.